The van der Waals surface area contributed by atoms with Gasteiger partial charge in [-0.25, -0.2) is 0 Å². The van der Waals surface area contributed by atoms with Crippen LogP contribution in [-0.2, 0) is 10.9 Å². The third kappa shape index (κ3) is 4.44. The molecule has 2 rings (SSSR count). The predicted octanol–water partition coefficient (Wildman–Crippen LogP) is 3.62. The highest BCUT2D eigenvalue weighted by molar-refractivity contribution is 9.10. The van der Waals surface area contributed by atoms with E-state index in [-0.39, 0.29) is 11.5 Å². The van der Waals surface area contributed by atoms with Gasteiger partial charge in [-0.1, -0.05) is 0 Å². The van der Waals surface area contributed by atoms with E-state index in [0.29, 0.717) is 17.6 Å². The molecule has 1 amide bonds. The summed E-state index contributed by atoms with van der Waals surface area (Å²) >= 11 is 3.11. The molecule has 21 heavy (non-hydrogen) atoms. The summed E-state index contributed by atoms with van der Waals surface area (Å²) in [6.45, 7) is 1.70. The van der Waals surface area contributed by atoms with Crippen molar-refractivity contribution in [3.8, 4) is 0 Å². The van der Waals surface area contributed by atoms with Gasteiger partial charge in [0.2, 0.25) is 0 Å². The predicted molar refractivity (Wildman–Crippen MR) is 75.0 cm³/mol. The lowest BCUT2D eigenvalue weighted by Crippen LogP contribution is -2.33. The number of nitrogens with one attached hydrogen (secondary N) is 1. The van der Waals surface area contributed by atoms with Crippen LogP contribution in [0.3, 0.4) is 0 Å². The largest absolute Gasteiger partial charge is 0.416 e. The van der Waals surface area contributed by atoms with Gasteiger partial charge in [0.05, 0.1) is 17.7 Å². The molecule has 1 fully saturated rings. The van der Waals surface area contributed by atoms with Crippen LogP contribution in [0.1, 0.15) is 28.8 Å². The average molecular weight is 366 g/mol. The second-order valence-corrected chi connectivity index (χ2v) is 5.84. The third-order valence-corrected chi connectivity index (χ3v) is 4.04. The van der Waals surface area contributed by atoms with Crippen LogP contribution in [0, 0.1) is 5.92 Å². The van der Waals surface area contributed by atoms with Crippen molar-refractivity contribution >= 4 is 21.8 Å². The van der Waals surface area contributed by atoms with E-state index in [0.717, 1.165) is 31.6 Å². The van der Waals surface area contributed by atoms with Crippen molar-refractivity contribution in [2.45, 2.75) is 19.0 Å². The Balaban J connectivity index is 2.04. The lowest BCUT2D eigenvalue weighted by molar-refractivity contribution is -0.137. The molecular weight excluding hydrogens is 351 g/mol. The van der Waals surface area contributed by atoms with Gasteiger partial charge in [-0.15, -0.1) is 0 Å². The second-order valence-electron chi connectivity index (χ2n) is 4.99. The number of halogens is 4. The Morgan fingerprint density at radius 3 is 2.81 bits per heavy atom. The second kappa shape index (κ2) is 6.79. The van der Waals surface area contributed by atoms with Gasteiger partial charge in [0.15, 0.2) is 0 Å². The van der Waals surface area contributed by atoms with E-state index >= 15 is 0 Å². The Morgan fingerprint density at radius 2 is 2.19 bits per heavy atom. The van der Waals surface area contributed by atoms with Crippen LogP contribution in [0.25, 0.3) is 0 Å². The van der Waals surface area contributed by atoms with Crippen LogP contribution in [0.2, 0.25) is 0 Å². The zero-order valence-electron chi connectivity index (χ0n) is 11.2. The SMILES string of the molecule is O=C(NCC1CCCOC1)c1cc(C(F)(F)F)ccc1Br. The van der Waals surface area contributed by atoms with Crippen molar-refractivity contribution in [1.82, 2.24) is 5.32 Å². The molecule has 7 heteroatoms. The molecular formula is C14H15BrF3NO2. The molecule has 0 saturated carbocycles. The molecule has 1 aliphatic heterocycles. The molecule has 1 aromatic carbocycles. The summed E-state index contributed by atoms with van der Waals surface area (Å²) in [4.78, 5) is 12.0. The maximum atomic E-state index is 12.7. The molecule has 1 aliphatic rings. The molecule has 1 atom stereocenters. The van der Waals surface area contributed by atoms with E-state index in [2.05, 4.69) is 21.2 Å². The van der Waals surface area contributed by atoms with E-state index in [4.69, 9.17) is 4.74 Å². The summed E-state index contributed by atoms with van der Waals surface area (Å²) < 4.78 is 43.7. The van der Waals surface area contributed by atoms with E-state index in [1.165, 1.54) is 6.07 Å². The first-order valence-corrected chi connectivity index (χ1v) is 7.40. The molecule has 0 aliphatic carbocycles. The fourth-order valence-corrected chi connectivity index (χ4v) is 2.60. The number of hydrogen-bond donors (Lipinski definition) is 1. The smallest absolute Gasteiger partial charge is 0.381 e. The average Bonchev–Trinajstić information content (AvgIpc) is 2.45. The zero-order chi connectivity index (χ0) is 15.5. The molecule has 0 spiro atoms. The van der Waals surface area contributed by atoms with Gasteiger partial charge in [-0.05, 0) is 52.9 Å². The molecule has 1 unspecified atom stereocenters. The first kappa shape index (κ1) is 16.3. The number of benzene rings is 1. The van der Waals surface area contributed by atoms with Crippen LogP contribution < -0.4 is 5.32 Å². The molecule has 0 aromatic heterocycles. The van der Waals surface area contributed by atoms with Crippen molar-refractivity contribution in [2.24, 2.45) is 5.92 Å². The van der Waals surface area contributed by atoms with Gasteiger partial charge in [0.25, 0.3) is 5.91 Å². The molecule has 1 heterocycles. The first-order valence-electron chi connectivity index (χ1n) is 6.60. The zero-order valence-corrected chi connectivity index (χ0v) is 12.8. The normalized spacial score (nSPS) is 19.3. The summed E-state index contributed by atoms with van der Waals surface area (Å²) in [5.74, 6) is -0.300. The Bertz CT molecular complexity index is 513. The molecule has 1 aromatic rings. The number of alkyl halides is 3. The van der Waals surface area contributed by atoms with Crippen molar-refractivity contribution in [2.75, 3.05) is 19.8 Å². The lowest BCUT2D eigenvalue weighted by Gasteiger charge is -2.22. The van der Waals surface area contributed by atoms with Crippen LogP contribution in [-0.4, -0.2) is 25.7 Å². The van der Waals surface area contributed by atoms with Crippen molar-refractivity contribution in [1.29, 1.82) is 0 Å². The highest BCUT2D eigenvalue weighted by Crippen LogP contribution is 2.31. The van der Waals surface area contributed by atoms with Crippen molar-refractivity contribution in [3.05, 3.63) is 33.8 Å². The monoisotopic (exact) mass is 365 g/mol. The van der Waals surface area contributed by atoms with Gasteiger partial charge in [0.1, 0.15) is 0 Å². The number of rotatable bonds is 3. The molecule has 0 radical (unpaired) electrons. The summed E-state index contributed by atoms with van der Waals surface area (Å²) in [7, 11) is 0. The number of ether oxygens (including phenoxy) is 1. The third-order valence-electron chi connectivity index (χ3n) is 3.34. The van der Waals surface area contributed by atoms with Crippen LogP contribution in [0.5, 0.6) is 0 Å². The van der Waals surface area contributed by atoms with E-state index < -0.39 is 17.6 Å². The van der Waals surface area contributed by atoms with Crippen LogP contribution >= 0.6 is 15.9 Å². The Hall–Kier alpha value is -1.08. The van der Waals surface area contributed by atoms with Gasteiger partial charge in [0, 0.05) is 17.6 Å². The van der Waals surface area contributed by atoms with E-state index in [1.54, 1.807) is 0 Å². The minimum Gasteiger partial charge on any atom is -0.381 e. The van der Waals surface area contributed by atoms with Crippen molar-refractivity contribution < 1.29 is 22.7 Å². The van der Waals surface area contributed by atoms with E-state index in [1.807, 2.05) is 0 Å². The van der Waals surface area contributed by atoms with Gasteiger partial charge < -0.3 is 10.1 Å². The molecule has 1 saturated heterocycles. The van der Waals surface area contributed by atoms with Crippen LogP contribution in [0.4, 0.5) is 13.2 Å². The molecule has 116 valence electrons. The molecule has 3 nitrogen and oxygen atoms in total. The molecule has 1 N–H and O–H groups in total. The maximum absolute atomic E-state index is 12.7. The quantitative estimate of drug-likeness (QED) is 0.888. The lowest BCUT2D eigenvalue weighted by atomic mass is 10.0. The fraction of sp³-hybridized carbons (Fsp3) is 0.500. The Labute approximate surface area is 129 Å². The van der Waals surface area contributed by atoms with Crippen molar-refractivity contribution in [3.63, 3.8) is 0 Å². The summed E-state index contributed by atoms with van der Waals surface area (Å²) in [6, 6.07) is 3.04. The number of amides is 1. The minimum absolute atomic E-state index is 0.0125. The number of hydrogen-bond acceptors (Lipinski definition) is 2. The fourth-order valence-electron chi connectivity index (χ4n) is 2.18. The Kier molecular flexibility index (Phi) is 5.27. The number of carbonyl (C=O) groups is 1. The highest BCUT2D eigenvalue weighted by Gasteiger charge is 2.31. The van der Waals surface area contributed by atoms with Gasteiger partial charge >= 0.3 is 6.18 Å². The molecule has 0 bridgehead atoms. The maximum Gasteiger partial charge on any atom is 0.416 e. The standard InChI is InChI=1S/C14H15BrF3NO2/c15-12-4-3-10(14(16,17)18)6-11(12)13(20)19-7-9-2-1-5-21-8-9/h3-4,6,9H,1-2,5,7-8H2,(H,19,20). The van der Waals surface area contributed by atoms with Crippen LogP contribution in [0.15, 0.2) is 22.7 Å². The Morgan fingerprint density at radius 1 is 1.43 bits per heavy atom. The van der Waals surface area contributed by atoms with Gasteiger partial charge in [-0.3, -0.25) is 4.79 Å². The minimum atomic E-state index is -4.47. The highest BCUT2D eigenvalue weighted by atomic mass is 79.9. The topological polar surface area (TPSA) is 38.3 Å². The summed E-state index contributed by atoms with van der Waals surface area (Å²) in [5, 5.41) is 2.67. The van der Waals surface area contributed by atoms with Gasteiger partial charge in [-0.2, -0.15) is 13.2 Å². The first-order chi connectivity index (χ1) is 9.88. The summed E-state index contributed by atoms with van der Waals surface area (Å²) in [5.41, 5.74) is -0.849. The van der Waals surface area contributed by atoms with E-state index in [9.17, 15) is 18.0 Å². The number of carbonyl (C=O) groups excluding carboxylic acids is 1. The summed E-state index contributed by atoms with van der Waals surface area (Å²) in [6.07, 6.45) is -2.58.